The molecule has 0 aromatic heterocycles. The summed E-state index contributed by atoms with van der Waals surface area (Å²) in [6.45, 7) is 1.75. The van der Waals surface area contributed by atoms with Gasteiger partial charge in [0.1, 0.15) is 0 Å². The highest BCUT2D eigenvalue weighted by Gasteiger charge is 2.21. The van der Waals surface area contributed by atoms with Gasteiger partial charge in [-0.1, -0.05) is 12.5 Å². The van der Waals surface area contributed by atoms with E-state index in [1.165, 1.54) is 6.42 Å². The number of aryl methyl sites for hydroxylation is 1. The Morgan fingerprint density at radius 3 is 2.71 bits per heavy atom. The van der Waals surface area contributed by atoms with Gasteiger partial charge in [-0.15, -0.1) is 0 Å². The molecule has 1 aliphatic rings. The van der Waals surface area contributed by atoms with Crippen LogP contribution in [0, 0.1) is 12.8 Å². The zero-order valence-electron chi connectivity index (χ0n) is 9.81. The van der Waals surface area contributed by atoms with Crippen molar-refractivity contribution in [2.45, 2.75) is 31.1 Å². The van der Waals surface area contributed by atoms with Crippen LogP contribution in [0.15, 0.2) is 23.1 Å². The molecule has 0 amide bonds. The van der Waals surface area contributed by atoms with Gasteiger partial charge in [-0.05, 0) is 43.4 Å². The Kier molecular flexibility index (Phi) is 3.62. The van der Waals surface area contributed by atoms with E-state index in [4.69, 9.17) is 5.11 Å². The van der Waals surface area contributed by atoms with Crippen molar-refractivity contribution in [2.75, 3.05) is 5.75 Å². The molecule has 1 saturated carbocycles. The van der Waals surface area contributed by atoms with Gasteiger partial charge in [-0.25, -0.2) is 4.79 Å². The van der Waals surface area contributed by atoms with Crippen LogP contribution < -0.4 is 0 Å². The predicted octanol–water partition coefficient (Wildman–Crippen LogP) is 2.60. The van der Waals surface area contributed by atoms with Gasteiger partial charge in [0.15, 0.2) is 0 Å². The minimum absolute atomic E-state index is 0.254. The van der Waals surface area contributed by atoms with Crippen molar-refractivity contribution in [3.63, 3.8) is 0 Å². The van der Waals surface area contributed by atoms with Crippen molar-refractivity contribution < 1.29 is 14.1 Å². The first-order chi connectivity index (χ1) is 8.08. The summed E-state index contributed by atoms with van der Waals surface area (Å²) in [6, 6.07) is 5.06. The van der Waals surface area contributed by atoms with Crippen LogP contribution in [0.2, 0.25) is 0 Å². The van der Waals surface area contributed by atoms with Crippen LogP contribution in [0.4, 0.5) is 0 Å². The first-order valence-electron chi connectivity index (χ1n) is 5.80. The zero-order chi connectivity index (χ0) is 12.4. The Morgan fingerprint density at radius 2 is 2.18 bits per heavy atom. The van der Waals surface area contributed by atoms with Gasteiger partial charge in [0, 0.05) is 10.6 Å². The van der Waals surface area contributed by atoms with E-state index in [9.17, 15) is 9.00 Å². The Bertz CT molecular complexity index is 464. The minimum Gasteiger partial charge on any atom is -0.478 e. The second-order valence-corrected chi connectivity index (χ2v) is 6.09. The second kappa shape index (κ2) is 5.00. The molecule has 2 rings (SSSR count). The molecule has 1 fully saturated rings. The maximum absolute atomic E-state index is 12.1. The van der Waals surface area contributed by atoms with Crippen molar-refractivity contribution in [3.05, 3.63) is 29.3 Å². The molecule has 0 spiro atoms. The number of hydrogen-bond acceptors (Lipinski definition) is 2. The number of carboxylic acid groups (broad SMARTS) is 1. The average Bonchev–Trinajstić information content (AvgIpc) is 2.23. The van der Waals surface area contributed by atoms with Gasteiger partial charge >= 0.3 is 5.97 Å². The smallest absolute Gasteiger partial charge is 0.335 e. The van der Waals surface area contributed by atoms with Gasteiger partial charge in [-0.3, -0.25) is 4.21 Å². The third-order valence-electron chi connectivity index (χ3n) is 3.31. The summed E-state index contributed by atoms with van der Waals surface area (Å²) in [7, 11) is -1.06. The van der Waals surface area contributed by atoms with Gasteiger partial charge in [0.2, 0.25) is 0 Å². The number of hydrogen-bond donors (Lipinski definition) is 1. The third kappa shape index (κ3) is 2.75. The second-order valence-electron chi connectivity index (χ2n) is 4.59. The van der Waals surface area contributed by atoms with Crippen molar-refractivity contribution in [1.82, 2.24) is 0 Å². The molecule has 17 heavy (non-hydrogen) atoms. The van der Waals surface area contributed by atoms with Gasteiger partial charge < -0.3 is 5.11 Å². The highest BCUT2D eigenvalue weighted by Crippen LogP contribution is 2.28. The van der Waals surface area contributed by atoms with E-state index in [-0.39, 0.29) is 5.56 Å². The molecule has 1 aromatic rings. The summed E-state index contributed by atoms with van der Waals surface area (Å²) >= 11 is 0. The summed E-state index contributed by atoms with van der Waals surface area (Å²) in [5.41, 5.74) is 0.964. The Morgan fingerprint density at radius 1 is 1.47 bits per heavy atom. The fourth-order valence-corrected chi connectivity index (χ4v) is 3.37. The number of rotatable bonds is 4. The fraction of sp³-hybridized carbons (Fsp3) is 0.462. The molecule has 0 heterocycles. The lowest BCUT2D eigenvalue weighted by Gasteiger charge is -2.24. The van der Waals surface area contributed by atoms with E-state index in [2.05, 4.69) is 0 Å². The van der Waals surface area contributed by atoms with Gasteiger partial charge in [-0.2, -0.15) is 0 Å². The van der Waals surface area contributed by atoms with E-state index in [1.807, 2.05) is 0 Å². The van der Waals surface area contributed by atoms with E-state index < -0.39 is 16.8 Å². The topological polar surface area (TPSA) is 54.4 Å². The molecule has 3 nitrogen and oxygen atoms in total. The summed E-state index contributed by atoms with van der Waals surface area (Å²) < 4.78 is 12.1. The third-order valence-corrected chi connectivity index (χ3v) is 4.87. The highest BCUT2D eigenvalue weighted by atomic mass is 32.2. The van der Waals surface area contributed by atoms with E-state index in [1.54, 1.807) is 25.1 Å². The highest BCUT2D eigenvalue weighted by molar-refractivity contribution is 7.85. The van der Waals surface area contributed by atoms with E-state index >= 15 is 0 Å². The van der Waals surface area contributed by atoms with Crippen molar-refractivity contribution in [3.8, 4) is 0 Å². The molecule has 1 N–H and O–H groups in total. The Balaban J connectivity index is 2.17. The summed E-state index contributed by atoms with van der Waals surface area (Å²) in [5, 5.41) is 9.01. The maximum Gasteiger partial charge on any atom is 0.335 e. The Labute approximate surface area is 103 Å². The van der Waals surface area contributed by atoms with Crippen LogP contribution >= 0.6 is 0 Å². The van der Waals surface area contributed by atoms with Crippen LogP contribution in [0.25, 0.3) is 0 Å². The van der Waals surface area contributed by atoms with Crippen LogP contribution in [0.3, 0.4) is 0 Å². The molecule has 0 aliphatic heterocycles. The predicted molar refractivity (Wildman–Crippen MR) is 66.8 cm³/mol. The van der Waals surface area contributed by atoms with Crippen molar-refractivity contribution in [1.29, 1.82) is 0 Å². The minimum atomic E-state index is -1.06. The van der Waals surface area contributed by atoms with Crippen LogP contribution in [-0.2, 0) is 10.8 Å². The molecule has 92 valence electrons. The number of aromatic carboxylic acids is 1. The molecule has 0 saturated heterocycles. The standard InChI is InChI=1S/C13H16O3S/c1-9-5-6-11(7-12(9)13(14)15)17(16)8-10-3-2-4-10/h5-7,10H,2-4,8H2,1H3,(H,14,15). The quantitative estimate of drug-likeness (QED) is 0.896. The average molecular weight is 252 g/mol. The SMILES string of the molecule is Cc1ccc(S(=O)CC2CCC2)cc1C(=O)O. The number of carbonyl (C=O) groups is 1. The molecule has 1 aromatic carbocycles. The van der Waals surface area contributed by atoms with Gasteiger partial charge in [0.05, 0.1) is 16.4 Å². The molecule has 0 radical (unpaired) electrons. The zero-order valence-corrected chi connectivity index (χ0v) is 10.6. The lowest BCUT2D eigenvalue weighted by molar-refractivity contribution is 0.0696. The van der Waals surface area contributed by atoms with Crippen LogP contribution in [0.1, 0.15) is 35.2 Å². The van der Waals surface area contributed by atoms with Crippen molar-refractivity contribution >= 4 is 16.8 Å². The molecular weight excluding hydrogens is 236 g/mol. The lowest BCUT2D eigenvalue weighted by Crippen LogP contribution is -2.19. The molecule has 0 bridgehead atoms. The molecular formula is C13H16O3S. The molecule has 1 aliphatic carbocycles. The van der Waals surface area contributed by atoms with E-state index in [0.717, 1.165) is 12.8 Å². The summed E-state index contributed by atoms with van der Waals surface area (Å²) in [5.74, 6) is 0.276. The summed E-state index contributed by atoms with van der Waals surface area (Å²) in [6.07, 6.45) is 3.54. The monoisotopic (exact) mass is 252 g/mol. The number of benzene rings is 1. The normalized spacial score (nSPS) is 17.5. The largest absolute Gasteiger partial charge is 0.478 e. The lowest BCUT2D eigenvalue weighted by atomic mass is 9.87. The van der Waals surface area contributed by atoms with Crippen molar-refractivity contribution in [2.24, 2.45) is 5.92 Å². The maximum atomic E-state index is 12.1. The van der Waals surface area contributed by atoms with Crippen LogP contribution in [0.5, 0.6) is 0 Å². The van der Waals surface area contributed by atoms with Crippen LogP contribution in [-0.4, -0.2) is 21.0 Å². The van der Waals surface area contributed by atoms with Gasteiger partial charge in [0.25, 0.3) is 0 Å². The first-order valence-corrected chi connectivity index (χ1v) is 7.12. The Hall–Kier alpha value is -1.16. The van der Waals surface area contributed by atoms with E-state index in [0.29, 0.717) is 22.1 Å². The number of carboxylic acids is 1. The molecule has 1 unspecified atom stereocenters. The first kappa shape index (κ1) is 12.3. The molecule has 4 heteroatoms. The molecule has 1 atom stereocenters. The fourth-order valence-electron chi connectivity index (χ4n) is 1.94. The summed E-state index contributed by atoms with van der Waals surface area (Å²) in [4.78, 5) is 11.6.